The molecule has 0 aliphatic carbocycles. The molecule has 0 atom stereocenters. The Morgan fingerprint density at radius 1 is 0.818 bits per heavy atom. The summed E-state index contributed by atoms with van der Waals surface area (Å²) in [6.07, 6.45) is 0. The predicted octanol–water partition coefficient (Wildman–Crippen LogP) is 4.41. The maximum atomic E-state index is 10.2. The molecule has 1 aromatic carbocycles. The van der Waals surface area contributed by atoms with Crippen LogP contribution in [0.1, 0.15) is 41.5 Å². The van der Waals surface area contributed by atoms with Crippen LogP contribution in [0.4, 0.5) is 0 Å². The highest BCUT2D eigenvalue weighted by Crippen LogP contribution is 2.11. The van der Waals surface area contributed by atoms with Crippen LogP contribution in [-0.2, 0) is 12.7 Å². The molecule has 0 saturated heterocycles. The average molecular weight is 424 g/mol. The van der Waals surface area contributed by atoms with Gasteiger partial charge in [-0.1, -0.05) is 18.2 Å². The van der Waals surface area contributed by atoms with Crippen molar-refractivity contribution in [3.05, 3.63) is 33.9 Å². The molecule has 0 saturated carbocycles. The predicted molar refractivity (Wildman–Crippen MR) is 94.0 cm³/mol. The number of hydrogen-bond donors (Lipinski definition) is 2. The molecule has 0 spiro atoms. The van der Waals surface area contributed by atoms with Crippen molar-refractivity contribution in [1.82, 2.24) is 0 Å². The fourth-order valence-electron chi connectivity index (χ4n) is 0.466. The van der Waals surface area contributed by atoms with Gasteiger partial charge in [-0.15, -0.1) is 0 Å². The summed E-state index contributed by atoms with van der Waals surface area (Å²) in [4.78, 5) is 20.0. The third kappa shape index (κ3) is 13.7. The second kappa shape index (κ2) is 10.4. The summed E-state index contributed by atoms with van der Waals surface area (Å²) in [6, 6.07) is 9.46. The largest absolute Gasteiger partial charge is 0.481 e. The molecular weight excluding hydrogens is 399 g/mol. The number of benzene rings is 1. The normalized spacial score (nSPS) is 10.5. The number of aliphatic carboxylic acids is 2. The molecule has 6 heteroatoms. The van der Waals surface area contributed by atoms with Crippen LogP contribution in [-0.4, -0.2) is 22.2 Å². The van der Waals surface area contributed by atoms with E-state index in [1.165, 1.54) is 0 Å². The molecule has 0 aliphatic rings. The van der Waals surface area contributed by atoms with Gasteiger partial charge in [0, 0.05) is 3.57 Å². The lowest BCUT2D eigenvalue weighted by atomic mass is 9.98. The van der Waals surface area contributed by atoms with Gasteiger partial charge in [0.2, 0.25) is 0 Å². The first kappa shape index (κ1) is 23.0. The smallest absolute Gasteiger partial charge is 0.308 e. The third-order valence-electron chi connectivity index (χ3n) is 2.11. The van der Waals surface area contributed by atoms with Gasteiger partial charge >= 0.3 is 11.9 Å². The topological polar surface area (TPSA) is 91.7 Å². The van der Waals surface area contributed by atoms with Crippen molar-refractivity contribution >= 4 is 33.1 Å². The van der Waals surface area contributed by atoms with Gasteiger partial charge in [0.25, 0.3) is 0 Å². The summed E-state index contributed by atoms with van der Waals surface area (Å²) in [5.74, 6) is -1.51. The number of rotatable bonds is 1. The number of carboxylic acids is 2. The van der Waals surface area contributed by atoms with E-state index in [2.05, 4.69) is 0 Å². The average Bonchev–Trinajstić information content (AvgIpc) is 2.39. The summed E-state index contributed by atoms with van der Waals surface area (Å²) in [6.45, 7) is 9.97. The minimum absolute atomic E-state index is 0.583. The SMILES string of the molecule is CC(C)(C)C(=O)O.CC(C)(C)C(=O)O.O=Ic1ccccc1. The maximum Gasteiger partial charge on any atom is 0.308 e. The van der Waals surface area contributed by atoms with Gasteiger partial charge in [-0.3, -0.25) is 12.7 Å². The molecule has 126 valence electrons. The van der Waals surface area contributed by atoms with E-state index in [4.69, 9.17) is 10.2 Å². The number of hydrogen-bond acceptors (Lipinski definition) is 3. The summed E-state index contributed by atoms with van der Waals surface area (Å²) in [5, 5.41) is 16.5. The molecule has 22 heavy (non-hydrogen) atoms. The Balaban J connectivity index is 0. The molecule has 0 radical (unpaired) electrons. The number of carbonyl (C=O) groups is 2. The van der Waals surface area contributed by atoms with Crippen LogP contribution in [0, 0.1) is 14.4 Å². The van der Waals surface area contributed by atoms with Crippen molar-refractivity contribution in [2.45, 2.75) is 41.5 Å². The van der Waals surface area contributed by atoms with Crippen molar-refractivity contribution in [3.63, 3.8) is 0 Å². The zero-order valence-corrected chi connectivity index (χ0v) is 16.0. The van der Waals surface area contributed by atoms with Crippen LogP contribution < -0.4 is 0 Å². The van der Waals surface area contributed by atoms with E-state index in [-0.39, 0.29) is 0 Å². The van der Waals surface area contributed by atoms with Crippen molar-refractivity contribution in [3.8, 4) is 0 Å². The van der Waals surface area contributed by atoms with Gasteiger partial charge in [0.15, 0.2) is 21.2 Å². The van der Waals surface area contributed by atoms with Crippen LogP contribution >= 0.6 is 21.2 Å². The van der Waals surface area contributed by atoms with E-state index >= 15 is 0 Å². The molecule has 0 heterocycles. The zero-order valence-electron chi connectivity index (χ0n) is 13.9. The van der Waals surface area contributed by atoms with E-state index in [1.807, 2.05) is 30.3 Å². The molecule has 0 unspecified atom stereocenters. The highest BCUT2D eigenvalue weighted by molar-refractivity contribution is 14.1. The van der Waals surface area contributed by atoms with Crippen LogP contribution in [0.3, 0.4) is 0 Å². The van der Waals surface area contributed by atoms with Crippen LogP contribution in [0.25, 0.3) is 0 Å². The molecule has 1 aromatic rings. The summed E-state index contributed by atoms with van der Waals surface area (Å²) in [7, 11) is 0. The van der Waals surface area contributed by atoms with Gasteiger partial charge < -0.3 is 10.2 Å². The minimum Gasteiger partial charge on any atom is -0.481 e. The first-order valence-corrected chi connectivity index (χ1v) is 8.57. The standard InChI is InChI=1S/C6H5IO.2C5H10O2/c8-7-6-4-2-1-3-5-6;2*1-5(2,3)4(6)7/h1-5H;2*1-3H3,(H,6,7). The number of halogens is 1. The van der Waals surface area contributed by atoms with E-state index in [9.17, 15) is 12.7 Å². The van der Waals surface area contributed by atoms with Crippen molar-refractivity contribution in [2.24, 2.45) is 10.8 Å². The summed E-state index contributed by atoms with van der Waals surface area (Å²) in [5.41, 5.74) is -1.17. The minimum atomic E-state index is -0.941. The Morgan fingerprint density at radius 2 is 1.09 bits per heavy atom. The Hall–Kier alpha value is -1.31. The van der Waals surface area contributed by atoms with E-state index in [0.717, 1.165) is 3.57 Å². The van der Waals surface area contributed by atoms with Gasteiger partial charge in [0.05, 0.1) is 10.8 Å². The van der Waals surface area contributed by atoms with E-state index < -0.39 is 44.0 Å². The van der Waals surface area contributed by atoms with Gasteiger partial charge in [0.1, 0.15) is 0 Å². The third-order valence-corrected chi connectivity index (χ3v) is 3.33. The van der Waals surface area contributed by atoms with E-state index in [1.54, 1.807) is 41.5 Å². The quantitative estimate of drug-likeness (QED) is 0.652. The van der Waals surface area contributed by atoms with Crippen LogP contribution in [0.15, 0.2) is 30.3 Å². The molecule has 1 rings (SSSR count). The zero-order chi connectivity index (χ0) is 18.0. The lowest BCUT2D eigenvalue weighted by molar-refractivity contribution is -0.146. The van der Waals surface area contributed by atoms with Crippen LogP contribution in [0.2, 0.25) is 0 Å². The second-order valence-corrected chi connectivity index (χ2v) is 8.17. The van der Waals surface area contributed by atoms with Crippen molar-refractivity contribution < 1.29 is 22.9 Å². The maximum absolute atomic E-state index is 10.2. The Morgan fingerprint density at radius 3 is 1.23 bits per heavy atom. The Kier molecular flexibility index (Phi) is 10.9. The van der Waals surface area contributed by atoms with Gasteiger partial charge in [-0.2, -0.15) is 0 Å². The summed E-state index contributed by atoms with van der Waals surface area (Å²) >= 11 is -0.941. The van der Waals surface area contributed by atoms with Crippen molar-refractivity contribution in [1.29, 1.82) is 0 Å². The molecule has 2 N–H and O–H groups in total. The Labute approximate surface area is 142 Å². The van der Waals surface area contributed by atoms with E-state index in [0.29, 0.717) is 0 Å². The lowest BCUT2D eigenvalue weighted by Gasteiger charge is -2.08. The van der Waals surface area contributed by atoms with Gasteiger partial charge in [-0.25, -0.2) is 0 Å². The number of carboxylic acid groups (broad SMARTS) is 2. The molecule has 0 aliphatic heterocycles. The Bertz CT molecular complexity index is 446. The first-order valence-electron chi connectivity index (χ1n) is 6.61. The lowest BCUT2D eigenvalue weighted by Crippen LogP contribution is -2.18. The summed E-state index contributed by atoms with van der Waals surface area (Å²) < 4.78 is 11.2. The molecule has 5 nitrogen and oxygen atoms in total. The molecule has 0 fully saturated rings. The highest BCUT2D eigenvalue weighted by Gasteiger charge is 2.19. The molecule has 0 amide bonds. The molecule has 0 bridgehead atoms. The monoisotopic (exact) mass is 424 g/mol. The highest BCUT2D eigenvalue weighted by atomic mass is 127. The van der Waals surface area contributed by atoms with Gasteiger partial charge in [-0.05, 0) is 53.7 Å². The molecular formula is C16H25IO5. The van der Waals surface area contributed by atoms with Crippen molar-refractivity contribution in [2.75, 3.05) is 0 Å². The fraction of sp³-hybridized carbons (Fsp3) is 0.500. The second-order valence-electron chi connectivity index (χ2n) is 6.48. The fourth-order valence-corrected chi connectivity index (χ4v) is 1.17. The van der Waals surface area contributed by atoms with Crippen LogP contribution in [0.5, 0.6) is 0 Å². The first-order chi connectivity index (χ1) is 9.82. The molecule has 0 aromatic heterocycles.